The number of rotatable bonds is 6. The number of nitrogens with zero attached hydrogens (tertiary/aromatic N) is 1. The molecule has 1 aromatic rings. The summed E-state index contributed by atoms with van der Waals surface area (Å²) in [4.78, 5) is 13.9. The van der Waals surface area contributed by atoms with E-state index in [1.165, 1.54) is 17.0 Å². The number of benzene rings is 1. The Bertz CT molecular complexity index is 749. The molecule has 0 bridgehead atoms. The van der Waals surface area contributed by atoms with Gasteiger partial charge in [0.2, 0.25) is 10.0 Å². The van der Waals surface area contributed by atoms with E-state index >= 15 is 0 Å². The highest BCUT2D eigenvalue weighted by molar-refractivity contribution is 7.92. The molecule has 1 N–H and O–H groups in total. The largest absolute Gasteiger partial charge is 0.573 e. The van der Waals surface area contributed by atoms with Gasteiger partial charge in [-0.05, 0) is 30.5 Å². The molecule has 10 heteroatoms. The van der Waals surface area contributed by atoms with Gasteiger partial charge in [0.15, 0.2) is 0 Å². The lowest BCUT2D eigenvalue weighted by molar-refractivity contribution is -0.274. The Morgan fingerprint density at radius 1 is 1.44 bits per heavy atom. The van der Waals surface area contributed by atoms with Gasteiger partial charge < -0.3 is 9.64 Å². The van der Waals surface area contributed by atoms with Crippen molar-refractivity contribution in [1.82, 2.24) is 9.62 Å². The van der Waals surface area contributed by atoms with Crippen LogP contribution in [0.3, 0.4) is 0 Å². The van der Waals surface area contributed by atoms with E-state index in [2.05, 4.69) is 16.0 Å². The van der Waals surface area contributed by atoms with Crippen LogP contribution in [0.15, 0.2) is 36.3 Å². The van der Waals surface area contributed by atoms with Gasteiger partial charge in [0, 0.05) is 30.6 Å². The van der Waals surface area contributed by atoms with Gasteiger partial charge in [-0.15, -0.1) is 13.2 Å². The number of halogens is 3. The van der Waals surface area contributed by atoms with Crippen molar-refractivity contribution >= 4 is 15.9 Å². The van der Waals surface area contributed by atoms with Gasteiger partial charge in [0.05, 0.1) is 0 Å². The van der Waals surface area contributed by atoms with Crippen LogP contribution in [0.1, 0.15) is 16.8 Å². The molecule has 0 radical (unpaired) electrons. The number of sulfonamides is 1. The molecule has 0 spiro atoms. The van der Waals surface area contributed by atoms with Crippen molar-refractivity contribution in [2.75, 3.05) is 19.6 Å². The van der Waals surface area contributed by atoms with Crippen LogP contribution in [0.2, 0.25) is 0 Å². The number of likely N-dealkylation sites (tertiary alicyclic amines) is 1. The Hall–Kier alpha value is -2.07. The molecule has 25 heavy (non-hydrogen) atoms. The molecule has 1 saturated heterocycles. The normalized spacial score (nSPS) is 18.2. The van der Waals surface area contributed by atoms with E-state index in [0.717, 1.165) is 17.5 Å². The van der Waals surface area contributed by atoms with Crippen molar-refractivity contribution in [1.29, 1.82) is 0 Å². The number of carbonyl (C=O) groups is 1. The van der Waals surface area contributed by atoms with Gasteiger partial charge >= 0.3 is 6.36 Å². The summed E-state index contributed by atoms with van der Waals surface area (Å²) in [6.45, 7) is 4.05. The molecule has 1 fully saturated rings. The summed E-state index contributed by atoms with van der Waals surface area (Å²) in [6.07, 6.45) is -4.24. The number of hydrogen-bond donors (Lipinski definition) is 1. The van der Waals surface area contributed by atoms with Crippen molar-refractivity contribution in [3.63, 3.8) is 0 Å². The fraction of sp³-hybridized carbons (Fsp3) is 0.400. The molecule has 1 atom stereocenters. The molecule has 1 aliphatic heterocycles. The molecular weight excluding hydrogens is 361 g/mol. The quantitative estimate of drug-likeness (QED) is 0.823. The van der Waals surface area contributed by atoms with E-state index in [9.17, 15) is 26.4 Å². The zero-order valence-electron chi connectivity index (χ0n) is 13.1. The molecule has 1 amide bonds. The summed E-state index contributed by atoms with van der Waals surface area (Å²) in [5.41, 5.74) is 0.0778. The van der Waals surface area contributed by atoms with Crippen LogP contribution in [0.4, 0.5) is 13.2 Å². The summed E-state index contributed by atoms with van der Waals surface area (Å²) >= 11 is 0. The maximum absolute atomic E-state index is 12.4. The number of nitrogens with one attached hydrogen (secondary N) is 1. The van der Waals surface area contributed by atoms with Crippen molar-refractivity contribution in [2.24, 2.45) is 5.92 Å². The Balaban J connectivity index is 1.98. The van der Waals surface area contributed by atoms with E-state index in [1.807, 2.05) is 0 Å². The molecule has 0 aromatic heterocycles. The molecule has 0 aliphatic carbocycles. The first-order valence-electron chi connectivity index (χ1n) is 7.37. The molecule has 138 valence electrons. The summed E-state index contributed by atoms with van der Waals surface area (Å²) < 4.78 is 65.6. The minimum atomic E-state index is -4.83. The highest BCUT2D eigenvalue weighted by Gasteiger charge is 2.32. The maximum atomic E-state index is 12.4. The first kappa shape index (κ1) is 19.3. The van der Waals surface area contributed by atoms with E-state index in [1.54, 1.807) is 0 Å². The molecule has 6 nitrogen and oxygen atoms in total. The van der Waals surface area contributed by atoms with Gasteiger partial charge in [-0.25, -0.2) is 13.1 Å². The lowest BCUT2D eigenvalue weighted by atomic mass is 10.1. The minimum absolute atomic E-state index is 0.0757. The smallest absolute Gasteiger partial charge is 0.406 e. The van der Waals surface area contributed by atoms with Gasteiger partial charge in [0.1, 0.15) is 5.75 Å². The first-order chi connectivity index (χ1) is 11.6. The van der Waals surface area contributed by atoms with Crippen molar-refractivity contribution in [3.05, 3.63) is 41.8 Å². The number of ether oxygens (including phenoxy) is 1. The zero-order chi connectivity index (χ0) is 18.7. The number of amides is 1. The number of carbonyl (C=O) groups excluding carboxylic acids is 1. The average molecular weight is 378 g/mol. The van der Waals surface area contributed by atoms with E-state index < -0.39 is 28.0 Å². The summed E-state index contributed by atoms with van der Waals surface area (Å²) in [5, 5.41) is 0.803. The monoisotopic (exact) mass is 378 g/mol. The molecule has 0 saturated carbocycles. The van der Waals surface area contributed by atoms with Crippen molar-refractivity contribution < 1.29 is 31.1 Å². The fourth-order valence-corrected chi connectivity index (χ4v) is 3.07. The van der Waals surface area contributed by atoms with Crippen LogP contribution in [-0.4, -0.2) is 45.2 Å². The van der Waals surface area contributed by atoms with Gasteiger partial charge in [-0.2, -0.15) is 0 Å². The Morgan fingerprint density at radius 3 is 2.80 bits per heavy atom. The fourth-order valence-electron chi connectivity index (χ4n) is 2.49. The van der Waals surface area contributed by atoms with Crippen LogP contribution in [0, 0.1) is 5.92 Å². The maximum Gasteiger partial charge on any atom is 0.573 e. The topological polar surface area (TPSA) is 75.7 Å². The molecule has 1 aromatic carbocycles. The first-order valence-corrected chi connectivity index (χ1v) is 8.91. The predicted molar refractivity (Wildman–Crippen MR) is 84.3 cm³/mol. The predicted octanol–water partition coefficient (Wildman–Crippen LogP) is 2.11. The average Bonchev–Trinajstić information content (AvgIpc) is 3.00. The van der Waals surface area contributed by atoms with Crippen LogP contribution < -0.4 is 9.46 Å². The lowest BCUT2D eigenvalue weighted by Crippen LogP contribution is -2.32. The van der Waals surface area contributed by atoms with E-state index in [-0.39, 0.29) is 18.0 Å². The second-order valence-electron chi connectivity index (χ2n) is 5.54. The molecule has 2 rings (SSSR count). The number of hydrogen-bond acceptors (Lipinski definition) is 4. The summed E-state index contributed by atoms with van der Waals surface area (Å²) in [7, 11) is -3.53. The zero-order valence-corrected chi connectivity index (χ0v) is 13.9. The summed E-state index contributed by atoms with van der Waals surface area (Å²) in [5.74, 6) is -0.970. The molecular formula is C15H17F3N2O4S. The van der Waals surface area contributed by atoms with E-state index in [4.69, 9.17) is 0 Å². The molecule has 0 unspecified atom stereocenters. The Morgan fingerprint density at radius 2 is 2.16 bits per heavy atom. The van der Waals surface area contributed by atoms with Gasteiger partial charge in [-0.3, -0.25) is 4.79 Å². The third-order valence-electron chi connectivity index (χ3n) is 3.68. The van der Waals surface area contributed by atoms with Crippen molar-refractivity contribution in [2.45, 2.75) is 12.8 Å². The Kier molecular flexibility index (Phi) is 5.73. The van der Waals surface area contributed by atoms with Gasteiger partial charge in [0.25, 0.3) is 5.91 Å². The number of alkyl halides is 3. The van der Waals surface area contributed by atoms with Crippen LogP contribution in [0.25, 0.3) is 0 Å². The van der Waals surface area contributed by atoms with E-state index in [0.29, 0.717) is 19.5 Å². The highest BCUT2D eigenvalue weighted by Crippen LogP contribution is 2.25. The van der Waals surface area contributed by atoms with Gasteiger partial charge in [-0.1, -0.05) is 12.6 Å². The Labute approximate surface area is 143 Å². The third-order valence-corrected chi connectivity index (χ3v) is 4.69. The highest BCUT2D eigenvalue weighted by atomic mass is 32.2. The lowest BCUT2D eigenvalue weighted by Gasteiger charge is -2.17. The molecule has 1 heterocycles. The molecule has 1 aliphatic rings. The van der Waals surface area contributed by atoms with Crippen LogP contribution in [0.5, 0.6) is 5.75 Å². The third kappa shape index (κ3) is 5.75. The minimum Gasteiger partial charge on any atom is -0.406 e. The van der Waals surface area contributed by atoms with Crippen LogP contribution in [-0.2, 0) is 10.0 Å². The van der Waals surface area contributed by atoms with Crippen molar-refractivity contribution in [3.8, 4) is 5.75 Å². The second-order valence-corrected chi connectivity index (χ2v) is 7.25. The SMILES string of the molecule is C=CS(=O)(=O)NC[C@H]1CCN(C(=O)c2cccc(OC(F)(F)F)c2)C1. The van der Waals surface area contributed by atoms with Crippen LogP contribution >= 0.6 is 0 Å². The second kappa shape index (κ2) is 7.44. The summed E-state index contributed by atoms with van der Waals surface area (Å²) in [6, 6.07) is 4.85. The standard InChI is InChI=1S/C15H17F3N2O4S/c1-2-25(22,23)19-9-11-6-7-20(10-11)14(21)12-4-3-5-13(8-12)24-15(16,17)18/h2-5,8,11,19H,1,6-7,9-10H2/t11-/m1/s1.